The molecule has 3 aromatic carbocycles. The number of hydrogen-bond acceptors (Lipinski definition) is 5. The van der Waals surface area contributed by atoms with E-state index in [2.05, 4.69) is 10.3 Å². The van der Waals surface area contributed by atoms with Crippen molar-refractivity contribution in [1.82, 2.24) is 4.98 Å². The van der Waals surface area contributed by atoms with Crippen molar-refractivity contribution in [3.8, 4) is 11.5 Å². The normalized spacial score (nSPS) is 10.7. The van der Waals surface area contributed by atoms with Crippen LogP contribution in [0.25, 0.3) is 10.2 Å². The predicted molar refractivity (Wildman–Crippen MR) is 116 cm³/mol. The lowest BCUT2D eigenvalue weighted by Crippen LogP contribution is -2.12. The minimum atomic E-state index is -0.210. The molecule has 0 spiro atoms. The number of nitrogens with one attached hydrogen (secondary N) is 1. The van der Waals surface area contributed by atoms with E-state index in [4.69, 9.17) is 9.47 Å². The van der Waals surface area contributed by atoms with Crippen molar-refractivity contribution >= 4 is 33.1 Å². The van der Waals surface area contributed by atoms with Crippen molar-refractivity contribution in [3.63, 3.8) is 0 Å². The Balaban J connectivity index is 1.49. The number of thiazole rings is 1. The summed E-state index contributed by atoms with van der Waals surface area (Å²) in [6.45, 7) is 2.40. The maximum atomic E-state index is 12.7. The molecule has 146 valence electrons. The molecule has 1 N–H and O–H groups in total. The number of nitrogens with zero attached hydrogens (tertiary/aromatic N) is 1. The Morgan fingerprint density at radius 1 is 1.03 bits per heavy atom. The molecule has 6 heteroatoms. The average molecular weight is 404 g/mol. The number of amides is 1. The zero-order valence-corrected chi connectivity index (χ0v) is 17.0. The first-order valence-corrected chi connectivity index (χ1v) is 9.97. The monoisotopic (exact) mass is 404 g/mol. The number of aromatic nitrogens is 1. The molecule has 1 aromatic heterocycles. The third-order valence-corrected chi connectivity index (χ3v) is 5.35. The van der Waals surface area contributed by atoms with Crippen LogP contribution in [0.15, 0.2) is 66.7 Å². The number of aryl methyl sites for hydroxylation is 1. The molecule has 5 nitrogen and oxygen atoms in total. The van der Waals surface area contributed by atoms with E-state index in [-0.39, 0.29) is 5.91 Å². The second kappa shape index (κ2) is 8.32. The van der Waals surface area contributed by atoms with Crippen LogP contribution in [0.3, 0.4) is 0 Å². The van der Waals surface area contributed by atoms with Crippen molar-refractivity contribution in [3.05, 3.63) is 82.9 Å². The number of methoxy groups -OCH3 is 1. The average Bonchev–Trinajstić information content (AvgIpc) is 3.12. The highest BCUT2D eigenvalue weighted by molar-refractivity contribution is 7.18. The second-order valence-corrected chi connectivity index (χ2v) is 7.74. The number of carbonyl (C=O) groups excluding carboxylic acids is 1. The maximum absolute atomic E-state index is 12.7. The number of anilines is 1. The molecule has 4 rings (SSSR count). The molecule has 0 saturated heterocycles. The molecule has 0 saturated carbocycles. The fourth-order valence-corrected chi connectivity index (χ4v) is 3.85. The Kier molecular flexibility index (Phi) is 5.44. The van der Waals surface area contributed by atoms with Crippen LogP contribution in [0, 0.1) is 6.92 Å². The van der Waals surface area contributed by atoms with Crippen molar-refractivity contribution in [2.45, 2.75) is 13.5 Å². The van der Waals surface area contributed by atoms with E-state index in [1.54, 1.807) is 36.6 Å². The number of hydrogen-bond donors (Lipinski definition) is 1. The van der Waals surface area contributed by atoms with Gasteiger partial charge in [-0.15, -0.1) is 11.3 Å². The Hall–Kier alpha value is -3.38. The number of fused-ring (bicyclic) bond motifs is 1. The van der Waals surface area contributed by atoms with Gasteiger partial charge < -0.3 is 14.8 Å². The lowest BCUT2D eigenvalue weighted by atomic mass is 10.1. The molecule has 0 aliphatic carbocycles. The SMILES string of the molecule is COc1cc(C(=O)Nc2ccc3nc(C)sc3c2)ccc1OCc1ccccc1. The van der Waals surface area contributed by atoms with E-state index in [1.807, 2.05) is 55.5 Å². The van der Waals surface area contributed by atoms with Crippen LogP contribution in [-0.4, -0.2) is 18.0 Å². The summed E-state index contributed by atoms with van der Waals surface area (Å²) in [6, 6.07) is 20.8. The molecule has 0 aliphatic rings. The first-order valence-electron chi connectivity index (χ1n) is 9.16. The standard InChI is InChI=1S/C23H20N2O3S/c1-15-24-19-10-9-18(13-22(19)29-15)25-23(26)17-8-11-20(21(12-17)27-2)28-14-16-6-4-3-5-7-16/h3-13H,14H2,1-2H3,(H,25,26). The van der Waals surface area contributed by atoms with Crippen LogP contribution >= 0.6 is 11.3 Å². The second-order valence-electron chi connectivity index (χ2n) is 6.51. The smallest absolute Gasteiger partial charge is 0.255 e. The molecular formula is C23H20N2O3S. The van der Waals surface area contributed by atoms with Crippen molar-refractivity contribution in [2.75, 3.05) is 12.4 Å². The van der Waals surface area contributed by atoms with E-state index in [9.17, 15) is 4.79 Å². The van der Waals surface area contributed by atoms with E-state index in [0.29, 0.717) is 23.7 Å². The summed E-state index contributed by atoms with van der Waals surface area (Å²) >= 11 is 1.60. The third-order valence-electron chi connectivity index (χ3n) is 4.42. The quantitative estimate of drug-likeness (QED) is 0.465. The molecule has 0 atom stereocenters. The van der Waals surface area contributed by atoms with Gasteiger partial charge in [-0.3, -0.25) is 4.79 Å². The minimum absolute atomic E-state index is 0.210. The molecule has 0 aliphatic heterocycles. The molecule has 29 heavy (non-hydrogen) atoms. The van der Waals surface area contributed by atoms with Gasteiger partial charge in [0.25, 0.3) is 5.91 Å². The van der Waals surface area contributed by atoms with Gasteiger partial charge in [0.1, 0.15) is 6.61 Å². The van der Waals surface area contributed by atoms with E-state index in [1.165, 1.54) is 0 Å². The van der Waals surface area contributed by atoms with Gasteiger partial charge in [-0.25, -0.2) is 4.98 Å². The number of carbonyl (C=O) groups is 1. The first kappa shape index (κ1) is 19.0. The van der Waals surface area contributed by atoms with Crippen molar-refractivity contribution in [2.24, 2.45) is 0 Å². The van der Waals surface area contributed by atoms with Gasteiger partial charge in [0.05, 0.1) is 22.3 Å². The third kappa shape index (κ3) is 4.38. The number of ether oxygens (including phenoxy) is 2. The van der Waals surface area contributed by atoms with Gasteiger partial charge in [-0.1, -0.05) is 30.3 Å². The fraction of sp³-hybridized carbons (Fsp3) is 0.130. The van der Waals surface area contributed by atoms with Crippen LogP contribution in [-0.2, 0) is 6.61 Å². The first-order chi connectivity index (χ1) is 14.1. The van der Waals surface area contributed by atoms with Crippen molar-refractivity contribution < 1.29 is 14.3 Å². The number of benzene rings is 3. The van der Waals surface area contributed by atoms with Crippen LogP contribution in [0.5, 0.6) is 11.5 Å². The molecule has 0 bridgehead atoms. The summed E-state index contributed by atoms with van der Waals surface area (Å²) in [5, 5.41) is 3.93. The van der Waals surface area contributed by atoms with Crippen molar-refractivity contribution in [1.29, 1.82) is 0 Å². The van der Waals surface area contributed by atoms with E-state index >= 15 is 0 Å². The highest BCUT2D eigenvalue weighted by Crippen LogP contribution is 2.30. The Labute approximate surface area is 172 Å². The molecule has 4 aromatic rings. The maximum Gasteiger partial charge on any atom is 0.255 e. The topological polar surface area (TPSA) is 60.5 Å². The molecule has 1 heterocycles. The highest BCUT2D eigenvalue weighted by atomic mass is 32.1. The molecule has 0 unspecified atom stereocenters. The minimum Gasteiger partial charge on any atom is -0.493 e. The van der Waals surface area contributed by atoms with Gasteiger partial charge >= 0.3 is 0 Å². The van der Waals surface area contributed by atoms with Gasteiger partial charge in [0.15, 0.2) is 11.5 Å². The summed E-state index contributed by atoms with van der Waals surface area (Å²) in [5.41, 5.74) is 3.22. The summed E-state index contributed by atoms with van der Waals surface area (Å²) in [6.07, 6.45) is 0. The summed E-state index contributed by atoms with van der Waals surface area (Å²) in [5.74, 6) is 0.898. The molecule has 0 radical (unpaired) electrons. The summed E-state index contributed by atoms with van der Waals surface area (Å²) in [4.78, 5) is 17.1. The zero-order chi connectivity index (χ0) is 20.2. The van der Waals surface area contributed by atoms with E-state index < -0.39 is 0 Å². The summed E-state index contributed by atoms with van der Waals surface area (Å²) < 4.78 is 12.3. The Bertz CT molecular complexity index is 1160. The lowest BCUT2D eigenvalue weighted by Gasteiger charge is -2.12. The Morgan fingerprint density at radius 3 is 2.66 bits per heavy atom. The highest BCUT2D eigenvalue weighted by Gasteiger charge is 2.12. The summed E-state index contributed by atoms with van der Waals surface area (Å²) in [7, 11) is 1.56. The fourth-order valence-electron chi connectivity index (χ4n) is 2.98. The van der Waals surface area contributed by atoms with Gasteiger partial charge in [0.2, 0.25) is 0 Å². The van der Waals surface area contributed by atoms with Crippen LogP contribution in [0.2, 0.25) is 0 Å². The lowest BCUT2D eigenvalue weighted by molar-refractivity contribution is 0.102. The van der Waals surface area contributed by atoms with Crippen LogP contribution < -0.4 is 14.8 Å². The van der Waals surface area contributed by atoms with Crippen LogP contribution in [0.4, 0.5) is 5.69 Å². The van der Waals surface area contributed by atoms with E-state index in [0.717, 1.165) is 26.5 Å². The Morgan fingerprint density at radius 2 is 1.86 bits per heavy atom. The van der Waals surface area contributed by atoms with Crippen LogP contribution in [0.1, 0.15) is 20.9 Å². The molecule has 1 amide bonds. The largest absolute Gasteiger partial charge is 0.493 e. The number of rotatable bonds is 6. The zero-order valence-electron chi connectivity index (χ0n) is 16.1. The molecular weight excluding hydrogens is 384 g/mol. The van der Waals surface area contributed by atoms with Gasteiger partial charge in [-0.2, -0.15) is 0 Å². The van der Waals surface area contributed by atoms with Gasteiger partial charge in [-0.05, 0) is 48.9 Å². The van der Waals surface area contributed by atoms with Gasteiger partial charge in [0, 0.05) is 11.3 Å². The molecule has 0 fully saturated rings. The predicted octanol–water partition coefficient (Wildman–Crippen LogP) is 5.44.